The third-order valence-electron chi connectivity index (χ3n) is 3.50. The van der Waals surface area contributed by atoms with E-state index < -0.39 is 18.0 Å². The molecule has 2 amide bonds. The number of esters is 1. The average Bonchev–Trinajstić information content (AvgIpc) is 2.52. The molecule has 0 radical (unpaired) electrons. The summed E-state index contributed by atoms with van der Waals surface area (Å²) in [5.74, 6) is -0.00646. The minimum Gasteiger partial charge on any atom is -0.497 e. The zero-order valence-electron chi connectivity index (χ0n) is 12.4. The Balaban J connectivity index is 1.97. The zero-order chi connectivity index (χ0) is 16.1. The minimum absolute atomic E-state index is 0.131. The van der Waals surface area contributed by atoms with Crippen molar-refractivity contribution in [2.75, 3.05) is 7.11 Å². The first kappa shape index (κ1) is 16.2. The largest absolute Gasteiger partial charge is 0.497 e. The number of rotatable bonds is 5. The van der Waals surface area contributed by atoms with Gasteiger partial charge >= 0.3 is 12.0 Å². The van der Waals surface area contributed by atoms with Crippen molar-refractivity contribution in [1.29, 1.82) is 0 Å². The summed E-state index contributed by atoms with van der Waals surface area (Å²) < 4.78 is 10.4. The monoisotopic (exact) mass is 322 g/mol. The number of benzene rings is 1. The fourth-order valence-corrected chi connectivity index (χ4v) is 2.64. The molecule has 0 aliphatic carbocycles. The van der Waals surface area contributed by atoms with E-state index in [1.54, 1.807) is 19.2 Å². The summed E-state index contributed by atoms with van der Waals surface area (Å²) in [6, 6.07) is 5.99. The normalized spacial score (nSPS) is 20.8. The third-order valence-corrected chi connectivity index (χ3v) is 3.90. The Hall–Kier alpha value is -2.15. The number of hydrogen-bond acceptors (Lipinski definition) is 5. The van der Waals surface area contributed by atoms with Crippen LogP contribution >= 0.6 is 12.2 Å². The molecule has 0 unspecified atom stereocenters. The molecule has 0 bridgehead atoms. The van der Waals surface area contributed by atoms with Crippen molar-refractivity contribution < 1.29 is 19.1 Å². The van der Waals surface area contributed by atoms with Crippen LogP contribution in [0.3, 0.4) is 0 Å². The maximum absolute atomic E-state index is 12.2. The summed E-state index contributed by atoms with van der Waals surface area (Å²) in [7, 11) is 1.59. The van der Waals surface area contributed by atoms with Crippen LogP contribution in [0.1, 0.15) is 18.9 Å². The van der Waals surface area contributed by atoms with Gasteiger partial charge in [0.25, 0.3) is 0 Å². The second-order valence-corrected chi connectivity index (χ2v) is 5.35. The summed E-state index contributed by atoms with van der Waals surface area (Å²) in [6.45, 7) is 2.03. The van der Waals surface area contributed by atoms with Crippen LogP contribution in [0.15, 0.2) is 24.3 Å². The van der Waals surface area contributed by atoms with Gasteiger partial charge in [-0.2, -0.15) is 0 Å². The lowest BCUT2D eigenvalue weighted by Gasteiger charge is -2.31. The molecule has 1 aromatic rings. The molecule has 2 rings (SSSR count). The van der Waals surface area contributed by atoms with E-state index in [2.05, 4.69) is 10.6 Å². The number of methoxy groups -OCH3 is 1. The van der Waals surface area contributed by atoms with Crippen molar-refractivity contribution in [1.82, 2.24) is 10.6 Å². The smallest absolute Gasteiger partial charge is 0.329 e. The highest BCUT2D eigenvalue weighted by atomic mass is 32.1. The van der Waals surface area contributed by atoms with Gasteiger partial charge in [-0.1, -0.05) is 31.3 Å². The van der Waals surface area contributed by atoms with E-state index in [1.165, 1.54) is 0 Å². The van der Waals surface area contributed by atoms with Crippen LogP contribution in [0.25, 0.3) is 0 Å². The highest BCUT2D eigenvalue weighted by molar-refractivity contribution is 7.80. The lowest BCUT2D eigenvalue weighted by atomic mass is 9.95. The van der Waals surface area contributed by atoms with E-state index in [4.69, 9.17) is 21.7 Å². The highest BCUT2D eigenvalue weighted by Crippen LogP contribution is 2.17. The quantitative estimate of drug-likeness (QED) is 0.638. The summed E-state index contributed by atoms with van der Waals surface area (Å²) in [5, 5.41) is 5.08. The molecule has 2 atom stereocenters. The van der Waals surface area contributed by atoms with Crippen molar-refractivity contribution in [3.8, 4) is 5.75 Å². The van der Waals surface area contributed by atoms with Gasteiger partial charge in [-0.25, -0.2) is 9.59 Å². The van der Waals surface area contributed by atoms with E-state index in [0.29, 0.717) is 11.4 Å². The molecule has 1 aliphatic heterocycles. The lowest BCUT2D eigenvalue weighted by Crippen LogP contribution is -2.60. The van der Waals surface area contributed by atoms with Gasteiger partial charge in [-0.3, -0.25) is 0 Å². The molecule has 1 aromatic carbocycles. The topological polar surface area (TPSA) is 76.7 Å². The van der Waals surface area contributed by atoms with Gasteiger partial charge in [0.1, 0.15) is 18.4 Å². The highest BCUT2D eigenvalue weighted by Gasteiger charge is 2.37. The zero-order valence-corrected chi connectivity index (χ0v) is 13.2. The van der Waals surface area contributed by atoms with Gasteiger partial charge in [0, 0.05) is 5.92 Å². The second-order valence-electron chi connectivity index (χ2n) is 4.91. The van der Waals surface area contributed by atoms with Crippen LogP contribution in [0.4, 0.5) is 4.79 Å². The predicted molar refractivity (Wildman–Crippen MR) is 84.6 cm³/mol. The van der Waals surface area contributed by atoms with Crippen LogP contribution in [-0.4, -0.2) is 30.1 Å². The fraction of sp³-hybridized carbons (Fsp3) is 0.400. The van der Waals surface area contributed by atoms with E-state index in [-0.39, 0.29) is 12.5 Å². The SMILES string of the molecule is CC[C@@H]1C(=S)NC(=O)N[C@@H]1C(=O)OCc1ccc(OC)cc1. The molecule has 6 nitrogen and oxygen atoms in total. The maximum atomic E-state index is 12.2. The Morgan fingerprint density at radius 3 is 2.59 bits per heavy atom. The summed E-state index contributed by atoms with van der Waals surface area (Å²) >= 11 is 5.11. The van der Waals surface area contributed by atoms with Gasteiger partial charge < -0.3 is 20.1 Å². The molecule has 0 saturated carbocycles. The van der Waals surface area contributed by atoms with E-state index in [0.717, 1.165) is 11.3 Å². The maximum Gasteiger partial charge on any atom is 0.329 e. The summed E-state index contributed by atoms with van der Waals surface area (Å²) in [4.78, 5) is 24.0. The van der Waals surface area contributed by atoms with Crippen molar-refractivity contribution in [2.24, 2.45) is 5.92 Å². The molecule has 118 valence electrons. The minimum atomic E-state index is -0.746. The molecular formula is C15H18N2O4S. The number of carbonyl (C=O) groups excluding carboxylic acids is 2. The lowest BCUT2D eigenvalue weighted by molar-refractivity contribution is -0.148. The van der Waals surface area contributed by atoms with E-state index in [1.807, 2.05) is 19.1 Å². The van der Waals surface area contributed by atoms with Crippen molar-refractivity contribution in [2.45, 2.75) is 26.0 Å². The predicted octanol–water partition coefficient (Wildman–Crippen LogP) is 1.77. The molecule has 7 heteroatoms. The van der Waals surface area contributed by atoms with Gasteiger partial charge in [0.05, 0.1) is 12.1 Å². The number of amides is 2. The summed E-state index contributed by atoms with van der Waals surface area (Å²) in [6.07, 6.45) is 0.633. The Bertz CT molecular complexity index is 573. The van der Waals surface area contributed by atoms with Crippen molar-refractivity contribution in [3.05, 3.63) is 29.8 Å². The molecule has 1 fully saturated rings. The number of carbonyl (C=O) groups is 2. The molecule has 1 aliphatic rings. The van der Waals surface area contributed by atoms with E-state index in [9.17, 15) is 9.59 Å². The van der Waals surface area contributed by atoms with Crippen LogP contribution in [0.5, 0.6) is 5.75 Å². The number of nitrogens with one attached hydrogen (secondary N) is 2. The number of hydrogen-bond donors (Lipinski definition) is 2. The summed E-state index contributed by atoms with van der Waals surface area (Å²) in [5.41, 5.74) is 0.838. The van der Waals surface area contributed by atoms with Gasteiger partial charge in [0.15, 0.2) is 0 Å². The standard InChI is InChI=1S/C15H18N2O4S/c1-3-11-12(16-15(19)17-13(11)22)14(18)21-8-9-4-6-10(20-2)7-5-9/h4-7,11-12H,3,8H2,1-2H3,(H2,16,17,19,22)/t11-,12-/m0/s1. The number of ether oxygens (including phenoxy) is 2. The molecule has 22 heavy (non-hydrogen) atoms. The Kier molecular flexibility index (Phi) is 5.32. The van der Waals surface area contributed by atoms with Crippen molar-refractivity contribution >= 4 is 29.2 Å². The van der Waals surface area contributed by atoms with Gasteiger partial charge in [0.2, 0.25) is 0 Å². The van der Waals surface area contributed by atoms with Crippen molar-refractivity contribution in [3.63, 3.8) is 0 Å². The fourth-order valence-electron chi connectivity index (χ4n) is 2.24. The van der Waals surface area contributed by atoms with Crippen LogP contribution in [0.2, 0.25) is 0 Å². The van der Waals surface area contributed by atoms with Gasteiger partial charge in [-0.05, 0) is 24.1 Å². The Morgan fingerprint density at radius 1 is 1.32 bits per heavy atom. The average molecular weight is 322 g/mol. The van der Waals surface area contributed by atoms with Gasteiger partial charge in [-0.15, -0.1) is 0 Å². The number of thiocarbonyl (C=S) groups is 1. The molecule has 2 N–H and O–H groups in total. The molecular weight excluding hydrogens is 304 g/mol. The number of urea groups is 1. The van der Waals surface area contributed by atoms with Crippen LogP contribution < -0.4 is 15.4 Å². The van der Waals surface area contributed by atoms with Crippen LogP contribution in [-0.2, 0) is 16.1 Å². The molecule has 0 aromatic heterocycles. The Morgan fingerprint density at radius 2 is 2.00 bits per heavy atom. The second kappa shape index (κ2) is 7.22. The molecule has 1 heterocycles. The Labute approximate surface area is 134 Å². The van der Waals surface area contributed by atoms with Crippen LogP contribution in [0, 0.1) is 5.92 Å². The van der Waals surface area contributed by atoms with E-state index >= 15 is 0 Å². The first-order valence-electron chi connectivity index (χ1n) is 6.96. The first-order chi connectivity index (χ1) is 10.5. The molecule has 0 spiro atoms. The molecule has 1 saturated heterocycles. The third kappa shape index (κ3) is 3.73. The first-order valence-corrected chi connectivity index (χ1v) is 7.37.